The summed E-state index contributed by atoms with van der Waals surface area (Å²) < 4.78 is 0. The Morgan fingerprint density at radius 1 is 1.03 bits per heavy atom. The highest BCUT2D eigenvalue weighted by atomic mass is 16.2. The molecule has 2 amide bonds. The first-order valence-electron chi connectivity index (χ1n) is 10.3. The van der Waals surface area contributed by atoms with E-state index in [1.54, 1.807) is 14.1 Å². The van der Waals surface area contributed by atoms with Gasteiger partial charge in [0.25, 0.3) is 0 Å². The number of H-pyrrole nitrogens is 1. The number of benzene rings is 2. The van der Waals surface area contributed by atoms with Crippen LogP contribution in [0.15, 0.2) is 60.9 Å². The quantitative estimate of drug-likeness (QED) is 0.352. The molecule has 0 spiro atoms. The molecule has 0 saturated heterocycles. The largest absolute Gasteiger partial charge is 0.363 e. The van der Waals surface area contributed by atoms with Crippen LogP contribution in [-0.4, -0.2) is 45.2 Å². The number of hydrogen-bond donors (Lipinski definition) is 4. The molecule has 9 heteroatoms. The number of carbonyl (C=O) groups excluding carboxylic acids is 1. The molecule has 0 aliphatic heterocycles. The number of rotatable bonds is 7. The van der Waals surface area contributed by atoms with Gasteiger partial charge in [0.05, 0.1) is 0 Å². The summed E-state index contributed by atoms with van der Waals surface area (Å²) in [5, 5.41) is 17.8. The van der Waals surface area contributed by atoms with Crippen molar-refractivity contribution in [2.75, 3.05) is 24.7 Å². The molecule has 0 radical (unpaired) electrons. The van der Waals surface area contributed by atoms with Crippen LogP contribution in [-0.2, 0) is 6.54 Å². The first-order chi connectivity index (χ1) is 15.5. The Morgan fingerprint density at radius 3 is 2.50 bits per heavy atom. The maximum Gasteiger partial charge on any atom is 0.317 e. The van der Waals surface area contributed by atoms with Crippen molar-refractivity contribution in [2.24, 2.45) is 0 Å². The van der Waals surface area contributed by atoms with Crippen molar-refractivity contribution in [1.29, 1.82) is 0 Å². The summed E-state index contributed by atoms with van der Waals surface area (Å²) in [6.07, 6.45) is 1.52. The average molecular weight is 431 g/mol. The molecule has 2 heterocycles. The minimum Gasteiger partial charge on any atom is -0.363 e. The Bertz CT molecular complexity index is 1190. The van der Waals surface area contributed by atoms with Crippen LogP contribution in [0, 0.1) is 0 Å². The molecule has 32 heavy (non-hydrogen) atoms. The van der Waals surface area contributed by atoms with Crippen molar-refractivity contribution in [3.8, 4) is 0 Å². The predicted octanol–water partition coefficient (Wildman–Crippen LogP) is 4.04. The van der Waals surface area contributed by atoms with Crippen LogP contribution in [0.2, 0.25) is 0 Å². The van der Waals surface area contributed by atoms with E-state index in [-0.39, 0.29) is 12.1 Å². The molecule has 9 nitrogen and oxygen atoms in total. The van der Waals surface area contributed by atoms with Crippen molar-refractivity contribution in [3.05, 3.63) is 72.1 Å². The van der Waals surface area contributed by atoms with E-state index >= 15 is 0 Å². The fraction of sp³-hybridized carbons (Fsp3) is 0.217. The smallest absolute Gasteiger partial charge is 0.317 e. The molecular weight excluding hydrogens is 404 g/mol. The number of urea groups is 1. The number of aromatic nitrogens is 4. The topological polar surface area (TPSA) is 111 Å². The Balaban J connectivity index is 1.51. The Morgan fingerprint density at radius 2 is 1.78 bits per heavy atom. The molecule has 164 valence electrons. The SMILES string of the molecule is CC(Nc1ncnc2[nH]nc(Nc3ccc(CNC(=O)N(C)C)cc3)c12)c1ccccc1. The molecule has 0 aliphatic rings. The zero-order valence-corrected chi connectivity index (χ0v) is 18.3. The summed E-state index contributed by atoms with van der Waals surface area (Å²) in [6.45, 7) is 2.55. The molecule has 4 aromatic rings. The van der Waals surface area contributed by atoms with Gasteiger partial charge < -0.3 is 20.9 Å². The number of carbonyl (C=O) groups is 1. The third-order valence-electron chi connectivity index (χ3n) is 5.08. The molecule has 0 saturated carbocycles. The number of hydrogen-bond acceptors (Lipinski definition) is 6. The maximum atomic E-state index is 11.7. The molecular formula is C23H26N8O. The monoisotopic (exact) mass is 430 g/mol. The highest BCUT2D eigenvalue weighted by Crippen LogP contribution is 2.30. The number of fused-ring (bicyclic) bond motifs is 1. The fourth-order valence-electron chi connectivity index (χ4n) is 3.27. The zero-order valence-electron chi connectivity index (χ0n) is 18.3. The summed E-state index contributed by atoms with van der Waals surface area (Å²) in [4.78, 5) is 21.9. The number of anilines is 3. The van der Waals surface area contributed by atoms with E-state index < -0.39 is 0 Å². The van der Waals surface area contributed by atoms with E-state index in [4.69, 9.17) is 0 Å². The first-order valence-corrected chi connectivity index (χ1v) is 10.3. The second-order valence-electron chi connectivity index (χ2n) is 7.67. The van der Waals surface area contributed by atoms with Crippen molar-refractivity contribution < 1.29 is 4.79 Å². The second-order valence-corrected chi connectivity index (χ2v) is 7.67. The first kappa shape index (κ1) is 21.1. The molecule has 4 N–H and O–H groups in total. The van der Waals surface area contributed by atoms with E-state index in [0.717, 1.165) is 22.2 Å². The van der Waals surface area contributed by atoms with Crippen LogP contribution in [0.1, 0.15) is 24.1 Å². The summed E-state index contributed by atoms with van der Waals surface area (Å²) in [5.41, 5.74) is 3.68. The lowest BCUT2D eigenvalue weighted by atomic mass is 10.1. The normalized spacial score (nSPS) is 11.7. The van der Waals surface area contributed by atoms with E-state index in [0.29, 0.717) is 23.8 Å². The Kier molecular flexibility index (Phi) is 6.16. The van der Waals surface area contributed by atoms with Gasteiger partial charge >= 0.3 is 6.03 Å². The molecule has 1 atom stereocenters. The number of aromatic amines is 1. The van der Waals surface area contributed by atoms with E-state index in [1.165, 1.54) is 11.2 Å². The summed E-state index contributed by atoms with van der Waals surface area (Å²) >= 11 is 0. The van der Waals surface area contributed by atoms with Gasteiger partial charge in [-0.1, -0.05) is 42.5 Å². The lowest BCUT2D eigenvalue weighted by molar-refractivity contribution is 0.217. The molecule has 2 aromatic carbocycles. The predicted molar refractivity (Wildman–Crippen MR) is 126 cm³/mol. The summed E-state index contributed by atoms with van der Waals surface area (Å²) in [5.74, 6) is 1.34. The number of amides is 2. The molecule has 4 rings (SSSR count). The minimum absolute atomic E-state index is 0.0636. The second kappa shape index (κ2) is 9.34. The molecule has 0 bridgehead atoms. The van der Waals surface area contributed by atoms with Gasteiger partial charge in [-0.2, -0.15) is 5.10 Å². The van der Waals surface area contributed by atoms with Crippen LogP contribution in [0.5, 0.6) is 0 Å². The van der Waals surface area contributed by atoms with Crippen molar-refractivity contribution in [3.63, 3.8) is 0 Å². The summed E-state index contributed by atoms with van der Waals surface area (Å²) in [7, 11) is 3.42. The fourth-order valence-corrected chi connectivity index (χ4v) is 3.27. The van der Waals surface area contributed by atoms with Gasteiger partial charge in [-0.05, 0) is 30.2 Å². The summed E-state index contributed by atoms with van der Waals surface area (Å²) in [6, 6.07) is 17.9. The highest BCUT2D eigenvalue weighted by Gasteiger charge is 2.15. The van der Waals surface area contributed by atoms with Crippen molar-refractivity contribution in [2.45, 2.75) is 19.5 Å². The third-order valence-corrected chi connectivity index (χ3v) is 5.08. The Labute approximate surface area is 186 Å². The van der Waals surface area contributed by atoms with Crippen molar-refractivity contribution >= 4 is 34.4 Å². The maximum absolute atomic E-state index is 11.7. The van der Waals surface area contributed by atoms with E-state index in [1.807, 2.05) is 42.5 Å². The van der Waals surface area contributed by atoms with Crippen LogP contribution < -0.4 is 16.0 Å². The molecule has 2 aromatic heterocycles. The average Bonchev–Trinajstić information content (AvgIpc) is 3.22. The molecule has 1 unspecified atom stereocenters. The van der Waals surface area contributed by atoms with Crippen LogP contribution >= 0.6 is 0 Å². The van der Waals surface area contributed by atoms with Gasteiger partial charge in [0.2, 0.25) is 0 Å². The zero-order chi connectivity index (χ0) is 22.5. The van der Waals surface area contributed by atoms with Crippen LogP contribution in [0.3, 0.4) is 0 Å². The lowest BCUT2D eigenvalue weighted by Crippen LogP contribution is -2.33. The standard InChI is InChI=1S/C23H26N8O/c1-15(17-7-5-4-6-8-17)27-20-19-21(26-14-25-20)29-30-22(19)28-18-11-9-16(10-12-18)13-24-23(32)31(2)3/h4-12,14-15H,13H2,1-3H3,(H,24,32)(H3,25,26,27,28,29,30). The van der Waals surface area contributed by atoms with Gasteiger partial charge in [-0.3, -0.25) is 5.10 Å². The van der Waals surface area contributed by atoms with Gasteiger partial charge in [0.1, 0.15) is 17.5 Å². The van der Waals surface area contributed by atoms with Crippen LogP contribution in [0.25, 0.3) is 11.0 Å². The minimum atomic E-state index is -0.125. The lowest BCUT2D eigenvalue weighted by Gasteiger charge is -2.16. The van der Waals surface area contributed by atoms with E-state index in [9.17, 15) is 4.79 Å². The third kappa shape index (κ3) is 4.77. The molecule has 0 fully saturated rings. The van der Waals surface area contributed by atoms with Gasteiger partial charge in [-0.25, -0.2) is 14.8 Å². The van der Waals surface area contributed by atoms with Crippen molar-refractivity contribution in [1.82, 2.24) is 30.4 Å². The van der Waals surface area contributed by atoms with Gasteiger partial charge in [0.15, 0.2) is 11.5 Å². The highest BCUT2D eigenvalue weighted by molar-refractivity contribution is 5.97. The van der Waals surface area contributed by atoms with Gasteiger partial charge in [0, 0.05) is 32.4 Å². The van der Waals surface area contributed by atoms with Gasteiger partial charge in [-0.15, -0.1) is 0 Å². The number of nitrogens with one attached hydrogen (secondary N) is 4. The Hall–Kier alpha value is -4.14. The number of nitrogens with zero attached hydrogens (tertiary/aromatic N) is 4. The molecule has 0 aliphatic carbocycles. The van der Waals surface area contributed by atoms with Crippen LogP contribution in [0.4, 0.5) is 22.1 Å². The van der Waals surface area contributed by atoms with E-state index in [2.05, 4.69) is 55.2 Å².